The van der Waals surface area contributed by atoms with E-state index in [1.165, 1.54) is 23.3 Å². The molecule has 0 spiro atoms. The van der Waals surface area contributed by atoms with Crippen LogP contribution in [0.5, 0.6) is 0 Å². The number of fused-ring (bicyclic) bond motifs is 1. The van der Waals surface area contributed by atoms with Gasteiger partial charge >= 0.3 is 5.97 Å². The number of aliphatic carboxylic acids is 1. The lowest BCUT2D eigenvalue weighted by atomic mass is 9.82. The molecule has 0 bridgehead atoms. The van der Waals surface area contributed by atoms with Crippen molar-refractivity contribution < 1.29 is 18.3 Å². The fourth-order valence-electron chi connectivity index (χ4n) is 4.59. The molecule has 0 fully saturated rings. The predicted octanol–water partition coefficient (Wildman–Crippen LogP) is 5.43. The third-order valence-electron chi connectivity index (χ3n) is 6.36. The first-order chi connectivity index (χ1) is 17.3. The van der Waals surface area contributed by atoms with Gasteiger partial charge in [-0.1, -0.05) is 42.0 Å². The molecule has 0 amide bonds. The van der Waals surface area contributed by atoms with Gasteiger partial charge in [-0.05, 0) is 96.7 Å². The first kappa shape index (κ1) is 26.1. The lowest BCUT2D eigenvalue weighted by Crippen LogP contribution is -2.39. The molecular formula is C28H29ClN2O4S. The van der Waals surface area contributed by atoms with Crippen LogP contribution < -0.4 is 4.72 Å². The Morgan fingerprint density at radius 2 is 1.97 bits per heavy atom. The molecule has 2 aromatic carbocycles. The molecule has 1 aliphatic rings. The molecule has 0 aliphatic heterocycles. The Hall–Kier alpha value is -3.00. The van der Waals surface area contributed by atoms with Gasteiger partial charge in [0.25, 0.3) is 0 Å². The summed E-state index contributed by atoms with van der Waals surface area (Å²) in [6, 6.07) is 14.2. The van der Waals surface area contributed by atoms with Crippen LogP contribution in [-0.2, 0) is 34.1 Å². The maximum Gasteiger partial charge on any atom is 0.303 e. The number of nitrogens with one attached hydrogen (secondary N) is 1. The lowest BCUT2D eigenvalue weighted by Gasteiger charge is -2.28. The fraction of sp³-hybridized carbons (Fsp3) is 0.286. The molecule has 0 saturated heterocycles. The normalized spacial score (nSPS) is 15.6. The Balaban J connectivity index is 1.56. The van der Waals surface area contributed by atoms with Gasteiger partial charge in [0.2, 0.25) is 10.0 Å². The molecule has 0 radical (unpaired) electrons. The molecule has 8 heteroatoms. The Morgan fingerprint density at radius 3 is 2.69 bits per heavy atom. The number of allylic oxidation sites excluding steroid dienone is 1. The first-order valence-corrected chi connectivity index (χ1v) is 13.9. The van der Waals surface area contributed by atoms with Crippen LogP contribution in [-0.4, -0.2) is 30.5 Å². The first-order valence-electron chi connectivity index (χ1n) is 12.0. The summed E-state index contributed by atoms with van der Waals surface area (Å²) in [5, 5.41) is 9.39. The SMILES string of the molecule is O=C(O)CCC/C=C\c1c(Cc2cccnc2)ccc2c1CCC(NS(=O)(=O)c1ccc(Cl)cc1)C2. The Morgan fingerprint density at radius 1 is 1.17 bits per heavy atom. The Kier molecular flexibility index (Phi) is 8.56. The minimum absolute atomic E-state index is 0.148. The number of benzene rings is 2. The van der Waals surface area contributed by atoms with Gasteiger partial charge in [-0.15, -0.1) is 0 Å². The maximum atomic E-state index is 12.9. The quantitative estimate of drug-likeness (QED) is 0.345. The molecule has 1 atom stereocenters. The maximum absolute atomic E-state index is 12.9. The molecule has 36 heavy (non-hydrogen) atoms. The minimum Gasteiger partial charge on any atom is -0.481 e. The third-order valence-corrected chi connectivity index (χ3v) is 8.15. The molecule has 188 valence electrons. The molecule has 4 rings (SSSR count). The van der Waals surface area contributed by atoms with E-state index in [2.05, 4.69) is 27.9 Å². The van der Waals surface area contributed by atoms with Crippen molar-refractivity contribution in [3.63, 3.8) is 0 Å². The van der Waals surface area contributed by atoms with Crippen LogP contribution in [0.2, 0.25) is 5.02 Å². The number of halogens is 1. The van der Waals surface area contributed by atoms with Crippen molar-refractivity contribution in [3.8, 4) is 0 Å². The largest absolute Gasteiger partial charge is 0.481 e. The average molecular weight is 525 g/mol. The van der Waals surface area contributed by atoms with E-state index in [-0.39, 0.29) is 17.4 Å². The number of rotatable bonds is 10. The zero-order valence-electron chi connectivity index (χ0n) is 19.9. The van der Waals surface area contributed by atoms with Crippen LogP contribution in [0.3, 0.4) is 0 Å². The second kappa shape index (κ2) is 11.8. The van der Waals surface area contributed by atoms with E-state index in [4.69, 9.17) is 16.7 Å². The lowest BCUT2D eigenvalue weighted by molar-refractivity contribution is -0.137. The van der Waals surface area contributed by atoms with Gasteiger partial charge in [-0.2, -0.15) is 0 Å². The molecule has 1 aromatic heterocycles. The van der Waals surface area contributed by atoms with Crippen LogP contribution in [0, 0.1) is 0 Å². The highest BCUT2D eigenvalue weighted by Gasteiger charge is 2.26. The highest BCUT2D eigenvalue weighted by Crippen LogP contribution is 2.30. The van der Waals surface area contributed by atoms with Crippen molar-refractivity contribution in [2.45, 2.75) is 55.9 Å². The fourth-order valence-corrected chi connectivity index (χ4v) is 5.99. The van der Waals surface area contributed by atoms with Crippen molar-refractivity contribution in [1.82, 2.24) is 9.71 Å². The van der Waals surface area contributed by atoms with E-state index >= 15 is 0 Å². The monoisotopic (exact) mass is 524 g/mol. The predicted molar refractivity (Wildman–Crippen MR) is 142 cm³/mol. The molecule has 0 saturated carbocycles. The van der Waals surface area contributed by atoms with Gasteiger partial charge in [0, 0.05) is 29.9 Å². The molecule has 1 unspecified atom stereocenters. The van der Waals surface area contributed by atoms with E-state index in [1.54, 1.807) is 18.3 Å². The van der Waals surface area contributed by atoms with Crippen molar-refractivity contribution in [2.75, 3.05) is 0 Å². The average Bonchev–Trinajstić information content (AvgIpc) is 2.85. The molecular weight excluding hydrogens is 496 g/mol. The summed E-state index contributed by atoms with van der Waals surface area (Å²) in [5.41, 5.74) is 5.79. The van der Waals surface area contributed by atoms with Crippen molar-refractivity contribution >= 4 is 33.7 Å². The summed E-state index contributed by atoms with van der Waals surface area (Å²) >= 11 is 5.91. The number of nitrogens with zero attached hydrogens (tertiary/aromatic N) is 1. The van der Waals surface area contributed by atoms with Crippen molar-refractivity contribution in [3.05, 3.63) is 99.8 Å². The zero-order valence-corrected chi connectivity index (χ0v) is 21.4. The highest BCUT2D eigenvalue weighted by molar-refractivity contribution is 7.89. The standard InChI is InChI=1S/C28H29ClN2O4S/c29-23-10-13-25(14-11-23)36(34,35)31-24-12-15-27-22(18-24)9-8-21(17-20-5-4-16-30-19-20)26(27)6-2-1-3-7-28(32)33/h2,4-6,8-11,13-14,16,19,24,31H,1,3,7,12,15,17-18H2,(H,32,33)/b6-2-. The number of hydrogen-bond donors (Lipinski definition) is 2. The molecule has 3 aromatic rings. The van der Waals surface area contributed by atoms with Gasteiger partial charge in [-0.3, -0.25) is 9.78 Å². The van der Waals surface area contributed by atoms with Gasteiger partial charge in [0.15, 0.2) is 0 Å². The van der Waals surface area contributed by atoms with Gasteiger partial charge in [0.05, 0.1) is 4.90 Å². The number of aromatic nitrogens is 1. The smallest absolute Gasteiger partial charge is 0.303 e. The molecule has 1 aliphatic carbocycles. The van der Waals surface area contributed by atoms with Crippen molar-refractivity contribution in [1.29, 1.82) is 0 Å². The number of carbonyl (C=O) groups is 1. The molecule has 1 heterocycles. The third kappa shape index (κ3) is 6.81. The second-order valence-electron chi connectivity index (χ2n) is 9.02. The summed E-state index contributed by atoms with van der Waals surface area (Å²) in [4.78, 5) is 15.3. The molecule has 6 nitrogen and oxygen atoms in total. The van der Waals surface area contributed by atoms with E-state index in [0.29, 0.717) is 30.7 Å². The van der Waals surface area contributed by atoms with E-state index in [9.17, 15) is 13.2 Å². The number of sulfonamides is 1. The van der Waals surface area contributed by atoms with Gasteiger partial charge in [0.1, 0.15) is 0 Å². The summed E-state index contributed by atoms with van der Waals surface area (Å²) in [6.45, 7) is 0. The van der Waals surface area contributed by atoms with E-state index < -0.39 is 16.0 Å². The van der Waals surface area contributed by atoms with Gasteiger partial charge in [-0.25, -0.2) is 13.1 Å². The number of carboxylic acid groups (broad SMARTS) is 1. The highest BCUT2D eigenvalue weighted by atomic mass is 35.5. The zero-order chi connectivity index (χ0) is 25.5. The number of unbranched alkanes of at least 4 members (excludes halogenated alkanes) is 1. The van der Waals surface area contributed by atoms with Crippen LogP contribution >= 0.6 is 11.6 Å². The van der Waals surface area contributed by atoms with Gasteiger partial charge < -0.3 is 5.11 Å². The van der Waals surface area contributed by atoms with Crippen LogP contribution in [0.1, 0.15) is 53.5 Å². The van der Waals surface area contributed by atoms with Crippen LogP contribution in [0.25, 0.3) is 6.08 Å². The number of carboxylic acids is 1. The topological polar surface area (TPSA) is 96.4 Å². The number of pyridine rings is 1. The summed E-state index contributed by atoms with van der Waals surface area (Å²) in [5.74, 6) is -0.787. The Bertz CT molecular complexity index is 1340. The van der Waals surface area contributed by atoms with Crippen LogP contribution in [0.4, 0.5) is 0 Å². The van der Waals surface area contributed by atoms with Crippen LogP contribution in [0.15, 0.2) is 71.9 Å². The van der Waals surface area contributed by atoms with E-state index in [0.717, 1.165) is 29.5 Å². The van der Waals surface area contributed by atoms with Crippen molar-refractivity contribution in [2.24, 2.45) is 0 Å². The number of hydrogen-bond acceptors (Lipinski definition) is 4. The summed E-state index contributed by atoms with van der Waals surface area (Å²) in [6.07, 6.45) is 12.0. The summed E-state index contributed by atoms with van der Waals surface area (Å²) < 4.78 is 28.6. The Labute approximate surface area is 217 Å². The summed E-state index contributed by atoms with van der Waals surface area (Å²) in [7, 11) is -3.64. The minimum atomic E-state index is -3.64. The van der Waals surface area contributed by atoms with E-state index in [1.807, 2.05) is 24.4 Å². The second-order valence-corrected chi connectivity index (χ2v) is 11.2. The molecule has 2 N–H and O–H groups in total.